The molecule has 0 aromatic heterocycles. The van der Waals surface area contributed by atoms with Gasteiger partial charge in [-0.2, -0.15) is 4.74 Å². The Morgan fingerprint density at radius 1 is 0.960 bits per heavy atom. The van der Waals surface area contributed by atoms with E-state index in [-0.39, 0.29) is 17.0 Å². The topological polar surface area (TPSA) is 78.7 Å². The highest BCUT2D eigenvalue weighted by Gasteiger charge is 2.65. The number of fused-ring (bicyclic) bond motifs is 1. The number of carbonyl (C=O) groups excluding carboxylic acids is 2. The lowest BCUT2D eigenvalue weighted by Gasteiger charge is -2.23. The highest BCUT2D eigenvalue weighted by atomic mass is 16.5. The molecular weight excluding hydrogens is 322 g/mol. The first-order chi connectivity index (χ1) is 12.0. The van der Waals surface area contributed by atoms with Crippen LogP contribution in [0.4, 0.5) is 5.69 Å². The Kier molecular flexibility index (Phi) is 4.04. The second kappa shape index (κ2) is 6.05. The van der Waals surface area contributed by atoms with Crippen LogP contribution in [0.1, 0.15) is 16.7 Å². The summed E-state index contributed by atoms with van der Waals surface area (Å²) in [7, 11) is 2.35. The van der Waals surface area contributed by atoms with Gasteiger partial charge in [-0.15, -0.1) is 0 Å². The summed E-state index contributed by atoms with van der Waals surface area (Å²) >= 11 is 0. The number of methoxy groups -OCH3 is 2. The van der Waals surface area contributed by atoms with Crippen LogP contribution in [-0.2, 0) is 24.5 Å². The van der Waals surface area contributed by atoms with Crippen LogP contribution in [0.5, 0.6) is 0 Å². The summed E-state index contributed by atoms with van der Waals surface area (Å²) in [6.07, 6.45) is 0. The molecule has 1 heterocycles. The predicted molar refractivity (Wildman–Crippen MR) is 90.7 cm³/mol. The van der Waals surface area contributed by atoms with E-state index in [1.165, 1.54) is 14.2 Å². The molecule has 1 aliphatic heterocycles. The zero-order chi connectivity index (χ0) is 18.2. The van der Waals surface area contributed by atoms with E-state index in [2.05, 4.69) is 0 Å². The molecule has 1 aliphatic rings. The summed E-state index contributed by atoms with van der Waals surface area (Å²) in [5, 5.41) is 13.0. The molecule has 2 aromatic rings. The van der Waals surface area contributed by atoms with E-state index in [9.17, 15) is 14.8 Å². The van der Waals surface area contributed by atoms with Crippen molar-refractivity contribution in [2.75, 3.05) is 14.2 Å². The number of hydrogen-bond acceptors (Lipinski definition) is 5. The van der Waals surface area contributed by atoms with Gasteiger partial charge in [-0.05, 0) is 25.1 Å². The van der Waals surface area contributed by atoms with E-state index < -0.39 is 17.4 Å². The number of ether oxygens (including phenoxy) is 2. The van der Waals surface area contributed by atoms with Gasteiger partial charge in [-0.1, -0.05) is 29.8 Å². The lowest BCUT2D eigenvalue weighted by molar-refractivity contribution is -0.357. The number of esters is 2. The summed E-state index contributed by atoms with van der Waals surface area (Å²) in [4.78, 5) is 25.6. The van der Waals surface area contributed by atoms with Crippen LogP contribution in [0.15, 0.2) is 48.5 Å². The van der Waals surface area contributed by atoms with Gasteiger partial charge in [-0.25, -0.2) is 9.59 Å². The molecule has 25 heavy (non-hydrogen) atoms. The summed E-state index contributed by atoms with van der Waals surface area (Å²) < 4.78 is 10.4. The number of aryl methyl sites for hydroxylation is 1. The second-order valence-corrected chi connectivity index (χ2v) is 5.76. The number of hydrogen-bond donors (Lipinski definition) is 0. The maximum Gasteiger partial charge on any atom is 0.339 e. The number of benzene rings is 2. The fourth-order valence-electron chi connectivity index (χ4n) is 3.22. The van der Waals surface area contributed by atoms with Crippen molar-refractivity contribution in [3.63, 3.8) is 0 Å². The van der Waals surface area contributed by atoms with Crippen molar-refractivity contribution in [3.05, 3.63) is 70.4 Å². The summed E-state index contributed by atoms with van der Waals surface area (Å²) in [6.45, 7) is 1.90. The molecular formula is C19H17NO5. The molecule has 0 saturated heterocycles. The standard InChI is InChI=1S/C19H17NO5/c1-12-8-10-13(11-9-12)16-19(17(21)24-2,18(22)25-3)14-6-4-5-7-15(14)20(16)23/h4-11H,1-3H3. The maximum absolute atomic E-state index is 13.0. The van der Waals surface area contributed by atoms with E-state index in [1.807, 2.05) is 6.92 Å². The molecule has 0 bridgehead atoms. The van der Waals surface area contributed by atoms with E-state index in [4.69, 9.17) is 9.47 Å². The largest absolute Gasteiger partial charge is 0.618 e. The Hall–Kier alpha value is -3.15. The molecule has 0 radical (unpaired) electrons. The molecule has 2 aromatic carbocycles. The van der Waals surface area contributed by atoms with Crippen LogP contribution in [0, 0.1) is 12.1 Å². The summed E-state index contributed by atoms with van der Waals surface area (Å²) in [6, 6.07) is 13.5. The predicted octanol–water partition coefficient (Wildman–Crippen LogP) is 2.22. The van der Waals surface area contributed by atoms with Gasteiger partial charge in [-0.3, -0.25) is 0 Å². The normalized spacial score (nSPS) is 14.8. The highest BCUT2D eigenvalue weighted by molar-refractivity contribution is 6.33. The van der Waals surface area contributed by atoms with Crippen molar-refractivity contribution in [2.45, 2.75) is 12.3 Å². The van der Waals surface area contributed by atoms with E-state index >= 15 is 0 Å². The van der Waals surface area contributed by atoms with Crippen molar-refractivity contribution < 1.29 is 23.8 Å². The third-order valence-electron chi connectivity index (χ3n) is 4.39. The van der Waals surface area contributed by atoms with Gasteiger partial charge in [0.15, 0.2) is 0 Å². The smallest absolute Gasteiger partial charge is 0.339 e. The molecule has 128 valence electrons. The Labute approximate surface area is 144 Å². The van der Waals surface area contributed by atoms with Gasteiger partial charge >= 0.3 is 11.9 Å². The molecule has 0 fully saturated rings. The third kappa shape index (κ3) is 2.21. The quantitative estimate of drug-likeness (QED) is 0.371. The minimum absolute atomic E-state index is 0.0209. The zero-order valence-corrected chi connectivity index (χ0v) is 14.1. The van der Waals surface area contributed by atoms with Crippen LogP contribution in [0.25, 0.3) is 0 Å². The third-order valence-corrected chi connectivity index (χ3v) is 4.39. The summed E-state index contributed by atoms with van der Waals surface area (Å²) in [5.74, 6) is -1.72. The van der Waals surface area contributed by atoms with Crippen molar-refractivity contribution >= 4 is 23.3 Å². The molecule has 0 aliphatic carbocycles. The van der Waals surface area contributed by atoms with Crippen molar-refractivity contribution in [3.8, 4) is 0 Å². The minimum atomic E-state index is -1.96. The zero-order valence-electron chi connectivity index (χ0n) is 14.1. The molecule has 6 nitrogen and oxygen atoms in total. The van der Waals surface area contributed by atoms with Gasteiger partial charge < -0.3 is 14.7 Å². The van der Waals surface area contributed by atoms with Gasteiger partial charge in [0.25, 0.3) is 5.41 Å². The lowest BCUT2D eigenvalue weighted by Crippen LogP contribution is -2.51. The van der Waals surface area contributed by atoms with E-state index in [0.717, 1.165) is 5.56 Å². The average molecular weight is 339 g/mol. The van der Waals surface area contributed by atoms with Gasteiger partial charge in [0, 0.05) is 11.6 Å². The summed E-state index contributed by atoms with van der Waals surface area (Å²) in [5.41, 5.74) is -0.0795. The SMILES string of the molecule is COC(=O)C1(C(=O)OC)C(c2ccc(C)cc2)=[N+]([O-])c2ccccc21. The Morgan fingerprint density at radius 3 is 2.08 bits per heavy atom. The first-order valence-corrected chi connectivity index (χ1v) is 7.66. The van der Waals surface area contributed by atoms with Crippen molar-refractivity contribution in [1.82, 2.24) is 0 Å². The molecule has 0 atom stereocenters. The lowest BCUT2D eigenvalue weighted by atomic mass is 9.75. The first-order valence-electron chi connectivity index (χ1n) is 7.66. The molecule has 3 rings (SSSR count). The Balaban J connectivity index is 2.40. The number of rotatable bonds is 3. The minimum Gasteiger partial charge on any atom is -0.618 e. The average Bonchev–Trinajstić information content (AvgIpc) is 2.91. The van der Waals surface area contributed by atoms with Crippen molar-refractivity contribution in [2.24, 2.45) is 0 Å². The number of nitrogens with zero attached hydrogens (tertiary/aromatic N) is 1. The van der Waals surface area contributed by atoms with Crippen LogP contribution >= 0.6 is 0 Å². The van der Waals surface area contributed by atoms with Crippen LogP contribution in [-0.4, -0.2) is 36.6 Å². The van der Waals surface area contributed by atoms with Crippen LogP contribution in [0.2, 0.25) is 0 Å². The van der Waals surface area contributed by atoms with Crippen LogP contribution in [0.3, 0.4) is 0 Å². The molecule has 0 amide bonds. The second-order valence-electron chi connectivity index (χ2n) is 5.76. The Bertz CT molecular complexity index is 867. The molecule has 0 spiro atoms. The van der Waals surface area contributed by atoms with Gasteiger partial charge in [0.05, 0.1) is 19.8 Å². The Morgan fingerprint density at radius 2 is 1.52 bits per heavy atom. The maximum atomic E-state index is 13.0. The molecule has 0 N–H and O–H groups in total. The fourth-order valence-corrected chi connectivity index (χ4v) is 3.22. The van der Waals surface area contributed by atoms with Crippen molar-refractivity contribution in [1.29, 1.82) is 0 Å². The number of para-hydroxylation sites is 1. The number of carbonyl (C=O) groups is 2. The van der Waals surface area contributed by atoms with Crippen LogP contribution < -0.4 is 0 Å². The van der Waals surface area contributed by atoms with E-state index in [1.54, 1.807) is 48.5 Å². The molecule has 0 unspecified atom stereocenters. The van der Waals surface area contributed by atoms with Gasteiger partial charge in [0.1, 0.15) is 0 Å². The molecule has 6 heteroatoms. The first kappa shape index (κ1) is 16.7. The highest BCUT2D eigenvalue weighted by Crippen LogP contribution is 2.43. The monoisotopic (exact) mass is 339 g/mol. The molecule has 0 saturated carbocycles. The fraction of sp³-hybridized carbons (Fsp3) is 0.211. The van der Waals surface area contributed by atoms with E-state index in [0.29, 0.717) is 10.3 Å². The van der Waals surface area contributed by atoms with Gasteiger partial charge in [0.2, 0.25) is 11.4 Å².